The molecule has 0 aromatic rings. The Morgan fingerprint density at radius 3 is 1.58 bits per heavy atom. The van der Waals surface area contributed by atoms with E-state index in [0.29, 0.717) is 43.5 Å². The zero-order valence-electron chi connectivity index (χ0n) is 31.4. The Hall–Kier alpha value is -2.20. The highest BCUT2D eigenvalue weighted by molar-refractivity contribution is 5.71. The molecule has 10 nitrogen and oxygen atoms in total. The molecule has 2 atom stereocenters. The van der Waals surface area contributed by atoms with Gasteiger partial charge in [0, 0.05) is 20.3 Å². The maximum absolute atomic E-state index is 12.8. The van der Waals surface area contributed by atoms with Crippen LogP contribution in [0.3, 0.4) is 0 Å². The van der Waals surface area contributed by atoms with Gasteiger partial charge in [0.05, 0.1) is 33.4 Å². The van der Waals surface area contributed by atoms with Crippen LogP contribution >= 0.6 is 0 Å². The van der Waals surface area contributed by atoms with Crippen molar-refractivity contribution in [3.8, 4) is 0 Å². The summed E-state index contributed by atoms with van der Waals surface area (Å²) in [4.78, 5) is 46.7. The Balaban J connectivity index is 4.15. The van der Waals surface area contributed by atoms with Gasteiger partial charge >= 0.3 is 23.9 Å². The van der Waals surface area contributed by atoms with Crippen molar-refractivity contribution >= 4 is 23.9 Å². The topological polar surface area (TPSA) is 125 Å². The minimum Gasteiger partial charge on any atom is -0.466 e. The summed E-state index contributed by atoms with van der Waals surface area (Å²) in [6.07, 6.45) is 20.4. The quantitative estimate of drug-likeness (QED) is 0.0321. The lowest BCUT2D eigenvalue weighted by Gasteiger charge is -2.30. The number of nitrogens with zero attached hydrogens (tertiary/aromatic N) is 1. The fraction of sp³-hybridized carbons (Fsp3) is 0.895. The van der Waals surface area contributed by atoms with E-state index >= 15 is 0 Å². The van der Waals surface area contributed by atoms with Gasteiger partial charge < -0.3 is 28.5 Å². The van der Waals surface area contributed by atoms with Gasteiger partial charge in [0.15, 0.2) is 6.54 Å². The maximum Gasteiger partial charge on any atom is 0.362 e. The van der Waals surface area contributed by atoms with Crippen LogP contribution in [0.15, 0.2) is 0 Å². The Kier molecular flexibility index (Phi) is 29.4. The van der Waals surface area contributed by atoms with Crippen LogP contribution in [-0.2, 0) is 38.1 Å². The molecular weight excluding hydrogens is 614 g/mol. The molecule has 10 heteroatoms. The molecule has 0 saturated carbocycles. The molecule has 0 saturated heterocycles. The second-order valence-electron chi connectivity index (χ2n) is 14.0. The molecule has 0 aromatic carbocycles. The van der Waals surface area contributed by atoms with E-state index in [1.54, 1.807) is 0 Å². The Labute approximate surface area is 292 Å². The Morgan fingerprint density at radius 2 is 1.02 bits per heavy atom. The van der Waals surface area contributed by atoms with Crippen LogP contribution in [-0.4, -0.2) is 92.7 Å². The number of carbonyl (C=O) groups excluding carboxylic acids is 4. The third-order valence-electron chi connectivity index (χ3n) is 8.60. The lowest BCUT2D eigenvalue weighted by Crippen LogP contribution is -2.47. The number of aliphatic hydroxyl groups excluding tert-OH is 1. The van der Waals surface area contributed by atoms with Crippen LogP contribution in [0.2, 0.25) is 0 Å². The Bertz CT molecular complexity index is 833. The predicted molar refractivity (Wildman–Crippen MR) is 189 cm³/mol. The predicted octanol–water partition coefficient (Wildman–Crippen LogP) is 7.61. The largest absolute Gasteiger partial charge is 0.466 e. The zero-order chi connectivity index (χ0) is 35.9. The van der Waals surface area contributed by atoms with Crippen molar-refractivity contribution in [3.05, 3.63) is 0 Å². The smallest absolute Gasteiger partial charge is 0.362 e. The summed E-state index contributed by atoms with van der Waals surface area (Å²) >= 11 is 0. The first-order valence-electron chi connectivity index (χ1n) is 19.1. The number of esters is 4. The van der Waals surface area contributed by atoms with Gasteiger partial charge in [-0.15, -0.1) is 0 Å². The van der Waals surface area contributed by atoms with E-state index in [9.17, 15) is 24.3 Å². The van der Waals surface area contributed by atoms with Crippen LogP contribution in [0.25, 0.3) is 0 Å². The zero-order valence-corrected chi connectivity index (χ0v) is 31.4. The van der Waals surface area contributed by atoms with Crippen LogP contribution in [0, 0.1) is 0 Å². The minimum atomic E-state index is -0.699. The molecule has 0 aliphatic carbocycles. The van der Waals surface area contributed by atoms with Gasteiger partial charge in [0.2, 0.25) is 0 Å². The van der Waals surface area contributed by atoms with Crippen LogP contribution in [0.1, 0.15) is 162 Å². The minimum absolute atomic E-state index is 0.120. The molecule has 0 aliphatic rings. The number of likely N-dealkylation sites (N-methyl/N-ethyl adjacent to an activating group) is 1. The molecule has 0 spiro atoms. The number of unbranched alkanes of at least 4 members (excludes halogenated alkanes) is 16. The number of carbonyl (C=O) groups is 4. The van der Waals surface area contributed by atoms with E-state index in [4.69, 9.17) is 18.9 Å². The molecule has 0 bridgehead atoms. The molecule has 0 rings (SSSR count). The summed E-state index contributed by atoms with van der Waals surface area (Å²) in [5.41, 5.74) is 0. The summed E-state index contributed by atoms with van der Waals surface area (Å²) in [6, 6.07) is 0. The van der Waals surface area contributed by atoms with Crippen molar-refractivity contribution < 1.29 is 47.7 Å². The van der Waals surface area contributed by atoms with Crippen LogP contribution < -0.4 is 0 Å². The van der Waals surface area contributed by atoms with Gasteiger partial charge in [-0.05, 0) is 38.5 Å². The van der Waals surface area contributed by atoms with E-state index in [2.05, 4.69) is 6.92 Å². The summed E-state index contributed by atoms with van der Waals surface area (Å²) in [7, 11) is 3.79. The monoisotopic (exact) mass is 687 g/mol. The first-order chi connectivity index (χ1) is 23.0. The highest BCUT2D eigenvalue weighted by Crippen LogP contribution is 2.19. The fourth-order valence-electron chi connectivity index (χ4n) is 5.60. The third kappa shape index (κ3) is 31.1. The normalized spacial score (nSPS) is 12.7. The lowest BCUT2D eigenvalue weighted by atomic mass is 9.99. The van der Waals surface area contributed by atoms with E-state index in [1.165, 1.54) is 46.0 Å². The summed E-state index contributed by atoms with van der Waals surface area (Å²) in [6.45, 7) is 6.90. The van der Waals surface area contributed by atoms with Gasteiger partial charge in [-0.25, -0.2) is 4.79 Å². The van der Waals surface area contributed by atoms with Gasteiger partial charge in [-0.2, -0.15) is 0 Å². The van der Waals surface area contributed by atoms with Gasteiger partial charge in [0.1, 0.15) is 19.3 Å². The number of hydrogen-bond acceptors (Lipinski definition) is 9. The Morgan fingerprint density at radius 1 is 0.562 bits per heavy atom. The van der Waals surface area contributed by atoms with Gasteiger partial charge in [-0.3, -0.25) is 14.4 Å². The summed E-state index contributed by atoms with van der Waals surface area (Å²) < 4.78 is 21.5. The average molecular weight is 687 g/mol. The van der Waals surface area contributed by atoms with Crippen molar-refractivity contribution in [3.63, 3.8) is 0 Å². The molecular formula is C38H72NO9+. The number of rotatable bonds is 33. The van der Waals surface area contributed by atoms with E-state index in [1.807, 2.05) is 14.1 Å². The molecule has 2 unspecified atom stereocenters. The second kappa shape index (κ2) is 30.8. The molecule has 48 heavy (non-hydrogen) atoms. The molecule has 282 valence electrons. The molecule has 0 aromatic heterocycles. The molecule has 0 aliphatic heterocycles. The van der Waals surface area contributed by atoms with Crippen LogP contribution in [0.5, 0.6) is 0 Å². The van der Waals surface area contributed by atoms with Crippen molar-refractivity contribution in [2.75, 3.05) is 47.0 Å². The summed E-state index contributed by atoms with van der Waals surface area (Å²) in [5, 5.41) is 11.0. The first kappa shape index (κ1) is 45.8. The van der Waals surface area contributed by atoms with Crippen molar-refractivity contribution in [1.82, 2.24) is 0 Å². The number of ether oxygens (including phenoxy) is 4. The van der Waals surface area contributed by atoms with E-state index in [-0.39, 0.29) is 37.0 Å². The van der Waals surface area contributed by atoms with Crippen molar-refractivity contribution in [2.24, 2.45) is 0 Å². The highest BCUT2D eigenvalue weighted by atomic mass is 16.6. The maximum atomic E-state index is 12.8. The number of quaternary nitrogens is 1. The van der Waals surface area contributed by atoms with Gasteiger partial charge in [-0.1, -0.05) is 103 Å². The van der Waals surface area contributed by atoms with E-state index < -0.39 is 12.2 Å². The highest BCUT2D eigenvalue weighted by Gasteiger charge is 2.27. The van der Waals surface area contributed by atoms with Crippen LogP contribution in [0.4, 0.5) is 0 Å². The molecule has 0 amide bonds. The van der Waals surface area contributed by atoms with Gasteiger partial charge in [0.25, 0.3) is 0 Å². The average Bonchev–Trinajstić information content (AvgIpc) is 3.01. The van der Waals surface area contributed by atoms with Crippen molar-refractivity contribution in [1.29, 1.82) is 0 Å². The number of aliphatic hydroxyl groups is 1. The second-order valence-corrected chi connectivity index (χ2v) is 14.0. The molecule has 0 fully saturated rings. The fourth-order valence-corrected chi connectivity index (χ4v) is 5.60. The first-order valence-corrected chi connectivity index (χ1v) is 19.1. The van der Waals surface area contributed by atoms with E-state index in [0.717, 1.165) is 89.9 Å². The summed E-state index contributed by atoms with van der Waals surface area (Å²) in [5.74, 6) is -1.01. The van der Waals surface area contributed by atoms with Crippen molar-refractivity contribution in [2.45, 2.75) is 174 Å². The standard InChI is InChI=1S/C38H72NO9/c1-6-7-8-9-16-21-26-36(48-38(44)32-39(4,5)28-31-46-34(3)41)35(42)25-20-15-14-17-22-27-37(43)47-30-24-19-13-11-10-12-18-23-29-45-33(2)40/h35-36,42H,6-32H2,1-5H3/q+1. The lowest BCUT2D eigenvalue weighted by molar-refractivity contribution is -0.883. The molecule has 0 radical (unpaired) electrons. The third-order valence-corrected chi connectivity index (χ3v) is 8.60. The molecule has 1 N–H and O–H groups in total. The SMILES string of the molecule is CCCCCCCCC(OC(=O)C[N+](C)(C)CCOC(C)=O)C(O)CCCCCCCC(=O)OCCCCCCCCCCOC(C)=O. The number of hydrogen-bond donors (Lipinski definition) is 1. The molecule has 0 heterocycles.